The number of amides is 2. The second kappa shape index (κ2) is 9.55. The molecule has 1 aliphatic rings. The quantitative estimate of drug-likeness (QED) is 0.640. The molecule has 0 spiro atoms. The summed E-state index contributed by atoms with van der Waals surface area (Å²) in [5.74, 6) is 1.44. The molecule has 0 aliphatic carbocycles. The van der Waals surface area contributed by atoms with Crippen molar-refractivity contribution in [3.05, 3.63) is 65.5 Å². The molecule has 0 saturated carbocycles. The van der Waals surface area contributed by atoms with Crippen molar-refractivity contribution in [3.8, 4) is 0 Å². The van der Waals surface area contributed by atoms with E-state index in [0.29, 0.717) is 18.2 Å². The van der Waals surface area contributed by atoms with Crippen molar-refractivity contribution in [2.45, 2.75) is 52.6 Å². The van der Waals surface area contributed by atoms with Gasteiger partial charge in [-0.1, -0.05) is 43.3 Å². The zero-order valence-electron chi connectivity index (χ0n) is 19.2. The van der Waals surface area contributed by atoms with Crippen molar-refractivity contribution >= 4 is 22.8 Å². The minimum atomic E-state index is -0.312. The normalized spacial score (nSPS) is 15.7. The van der Waals surface area contributed by atoms with Crippen LogP contribution in [0.5, 0.6) is 0 Å². The molecule has 4 rings (SSSR count). The van der Waals surface area contributed by atoms with E-state index in [1.807, 2.05) is 71.8 Å². The Morgan fingerprint density at radius 3 is 2.53 bits per heavy atom. The van der Waals surface area contributed by atoms with Gasteiger partial charge in [0.1, 0.15) is 12.4 Å². The first-order valence-electron chi connectivity index (χ1n) is 11.5. The summed E-state index contributed by atoms with van der Waals surface area (Å²) in [4.78, 5) is 32.6. The number of nitrogens with zero attached hydrogens (tertiary/aromatic N) is 3. The number of piperidine rings is 1. The SMILES string of the molecule is Cc1ccccc1CC(=O)NC(C)c1nc2ccccc2n1CC(=O)N1CCC(C)CC1. The largest absolute Gasteiger partial charge is 0.346 e. The highest BCUT2D eigenvalue weighted by Crippen LogP contribution is 2.23. The Balaban J connectivity index is 1.53. The molecule has 1 N–H and O–H groups in total. The van der Waals surface area contributed by atoms with Crippen molar-refractivity contribution < 1.29 is 9.59 Å². The number of para-hydroxylation sites is 2. The van der Waals surface area contributed by atoms with Crippen LogP contribution in [0.15, 0.2) is 48.5 Å². The lowest BCUT2D eigenvalue weighted by atomic mass is 9.99. The smallest absolute Gasteiger partial charge is 0.242 e. The fourth-order valence-corrected chi connectivity index (χ4v) is 4.42. The zero-order valence-corrected chi connectivity index (χ0v) is 19.2. The standard InChI is InChI=1S/C26H32N4O2/c1-18-12-14-29(15-13-18)25(32)17-30-23-11-7-6-10-22(23)28-26(30)20(3)27-24(31)16-21-9-5-4-8-19(21)2/h4-11,18,20H,12-17H2,1-3H3,(H,27,31). The van der Waals surface area contributed by atoms with Crippen LogP contribution in [-0.4, -0.2) is 39.4 Å². The predicted molar refractivity (Wildman–Crippen MR) is 126 cm³/mol. The number of fused-ring (bicyclic) bond motifs is 1. The van der Waals surface area contributed by atoms with Crippen molar-refractivity contribution in [2.75, 3.05) is 13.1 Å². The van der Waals surface area contributed by atoms with E-state index < -0.39 is 0 Å². The van der Waals surface area contributed by atoms with Gasteiger partial charge in [0.2, 0.25) is 11.8 Å². The van der Waals surface area contributed by atoms with E-state index in [0.717, 1.165) is 48.1 Å². The van der Waals surface area contributed by atoms with Crippen LogP contribution < -0.4 is 5.32 Å². The van der Waals surface area contributed by atoms with E-state index >= 15 is 0 Å². The zero-order chi connectivity index (χ0) is 22.7. The number of hydrogen-bond acceptors (Lipinski definition) is 3. The Bertz CT molecular complexity index is 1110. The molecular weight excluding hydrogens is 400 g/mol. The van der Waals surface area contributed by atoms with E-state index in [9.17, 15) is 9.59 Å². The van der Waals surface area contributed by atoms with Crippen LogP contribution in [0, 0.1) is 12.8 Å². The second-order valence-corrected chi connectivity index (χ2v) is 9.00. The van der Waals surface area contributed by atoms with Crippen LogP contribution in [0.2, 0.25) is 0 Å². The molecule has 6 nitrogen and oxygen atoms in total. The lowest BCUT2D eigenvalue weighted by Gasteiger charge is -2.30. The van der Waals surface area contributed by atoms with Gasteiger partial charge in [-0.15, -0.1) is 0 Å². The van der Waals surface area contributed by atoms with Gasteiger partial charge in [-0.2, -0.15) is 0 Å². The molecule has 32 heavy (non-hydrogen) atoms. The highest BCUT2D eigenvalue weighted by atomic mass is 16.2. The number of aromatic nitrogens is 2. The number of benzene rings is 2. The summed E-state index contributed by atoms with van der Waals surface area (Å²) in [5, 5.41) is 3.08. The molecule has 2 amide bonds. The van der Waals surface area contributed by atoms with Crippen LogP contribution >= 0.6 is 0 Å². The average Bonchev–Trinajstić information content (AvgIpc) is 3.14. The molecule has 168 valence electrons. The number of imidazole rings is 1. The summed E-state index contributed by atoms with van der Waals surface area (Å²) in [6.45, 7) is 8.04. The molecule has 1 aliphatic heterocycles. The monoisotopic (exact) mass is 432 g/mol. The highest BCUT2D eigenvalue weighted by molar-refractivity contribution is 5.82. The fourth-order valence-electron chi connectivity index (χ4n) is 4.42. The molecule has 2 aromatic carbocycles. The number of carbonyl (C=O) groups is 2. The van der Waals surface area contributed by atoms with Gasteiger partial charge in [0.15, 0.2) is 0 Å². The van der Waals surface area contributed by atoms with Crippen molar-refractivity contribution in [3.63, 3.8) is 0 Å². The molecule has 1 aromatic heterocycles. The summed E-state index contributed by atoms with van der Waals surface area (Å²) >= 11 is 0. The van der Waals surface area contributed by atoms with E-state index in [2.05, 4.69) is 12.2 Å². The lowest BCUT2D eigenvalue weighted by Crippen LogP contribution is -2.40. The molecule has 1 unspecified atom stereocenters. The third kappa shape index (κ3) is 4.85. The average molecular weight is 433 g/mol. The van der Waals surface area contributed by atoms with E-state index in [4.69, 9.17) is 4.98 Å². The first kappa shape index (κ1) is 22.1. The Kier molecular flexibility index (Phi) is 6.58. The van der Waals surface area contributed by atoms with Crippen LogP contribution in [0.25, 0.3) is 11.0 Å². The van der Waals surface area contributed by atoms with E-state index in [-0.39, 0.29) is 24.4 Å². The van der Waals surface area contributed by atoms with Gasteiger partial charge in [0.05, 0.1) is 23.5 Å². The Labute approximate surface area is 189 Å². The van der Waals surface area contributed by atoms with Gasteiger partial charge in [0, 0.05) is 13.1 Å². The summed E-state index contributed by atoms with van der Waals surface area (Å²) in [6, 6.07) is 15.4. The summed E-state index contributed by atoms with van der Waals surface area (Å²) < 4.78 is 1.97. The summed E-state index contributed by atoms with van der Waals surface area (Å²) in [6.07, 6.45) is 2.42. The Hall–Kier alpha value is -3.15. The van der Waals surface area contributed by atoms with E-state index in [1.165, 1.54) is 0 Å². The number of hydrogen-bond donors (Lipinski definition) is 1. The highest BCUT2D eigenvalue weighted by Gasteiger charge is 2.24. The van der Waals surface area contributed by atoms with Crippen LogP contribution in [0.4, 0.5) is 0 Å². The van der Waals surface area contributed by atoms with Crippen LogP contribution in [0.1, 0.15) is 49.7 Å². The maximum atomic E-state index is 13.1. The molecule has 1 atom stereocenters. The second-order valence-electron chi connectivity index (χ2n) is 9.00. The van der Waals surface area contributed by atoms with Crippen molar-refractivity contribution in [1.82, 2.24) is 19.8 Å². The summed E-state index contributed by atoms with van der Waals surface area (Å²) in [7, 11) is 0. The maximum absolute atomic E-state index is 13.1. The van der Waals surface area contributed by atoms with E-state index in [1.54, 1.807) is 0 Å². The van der Waals surface area contributed by atoms with Gasteiger partial charge < -0.3 is 14.8 Å². The molecule has 1 saturated heterocycles. The summed E-state index contributed by atoms with van der Waals surface area (Å²) in [5.41, 5.74) is 3.87. The van der Waals surface area contributed by atoms with Gasteiger partial charge in [-0.05, 0) is 55.9 Å². The lowest BCUT2D eigenvalue weighted by molar-refractivity contribution is -0.133. The minimum absolute atomic E-state index is 0.0539. The number of nitrogens with one attached hydrogen (secondary N) is 1. The van der Waals surface area contributed by atoms with Gasteiger partial charge in [-0.25, -0.2) is 4.98 Å². The first-order valence-corrected chi connectivity index (χ1v) is 11.5. The Morgan fingerprint density at radius 2 is 1.78 bits per heavy atom. The predicted octanol–water partition coefficient (Wildman–Crippen LogP) is 4.02. The van der Waals surface area contributed by atoms with Gasteiger partial charge >= 0.3 is 0 Å². The molecule has 0 radical (unpaired) electrons. The van der Waals surface area contributed by atoms with Crippen LogP contribution in [0.3, 0.4) is 0 Å². The first-order chi connectivity index (χ1) is 15.4. The van der Waals surface area contributed by atoms with Gasteiger partial charge in [-0.3, -0.25) is 9.59 Å². The molecule has 0 bridgehead atoms. The minimum Gasteiger partial charge on any atom is -0.346 e. The molecule has 6 heteroatoms. The number of likely N-dealkylation sites (tertiary alicyclic amines) is 1. The number of carbonyl (C=O) groups excluding carboxylic acids is 2. The molecule has 3 aromatic rings. The number of rotatable bonds is 6. The topological polar surface area (TPSA) is 67.2 Å². The maximum Gasteiger partial charge on any atom is 0.242 e. The third-order valence-electron chi connectivity index (χ3n) is 6.49. The van der Waals surface area contributed by atoms with Crippen LogP contribution in [-0.2, 0) is 22.6 Å². The van der Waals surface area contributed by atoms with Crippen molar-refractivity contribution in [1.29, 1.82) is 0 Å². The third-order valence-corrected chi connectivity index (χ3v) is 6.49. The number of aryl methyl sites for hydroxylation is 1. The van der Waals surface area contributed by atoms with Gasteiger partial charge in [0.25, 0.3) is 0 Å². The molecular formula is C26H32N4O2. The van der Waals surface area contributed by atoms with Crippen molar-refractivity contribution in [2.24, 2.45) is 5.92 Å². The fraction of sp³-hybridized carbons (Fsp3) is 0.423. The molecule has 2 heterocycles. The Morgan fingerprint density at radius 1 is 1.09 bits per heavy atom. The molecule has 1 fully saturated rings.